The minimum Gasteiger partial charge on any atom is -0.251 e. The number of hydrogen-bond acceptors (Lipinski definition) is 4. The average molecular weight is 232 g/mol. The molecular weight excluding hydrogens is 212 g/mol. The second-order valence-electron chi connectivity index (χ2n) is 4.63. The first-order chi connectivity index (χ1) is 7.16. The second kappa shape index (κ2) is 4.80. The van der Waals surface area contributed by atoms with Gasteiger partial charge in [0.25, 0.3) is 0 Å². The summed E-state index contributed by atoms with van der Waals surface area (Å²) >= 11 is 0. The molecule has 0 aromatic carbocycles. The van der Waals surface area contributed by atoms with Crippen molar-refractivity contribution in [3.05, 3.63) is 0 Å². The molecule has 0 saturated carbocycles. The Morgan fingerprint density at radius 1 is 1.07 bits per heavy atom. The van der Waals surface area contributed by atoms with Gasteiger partial charge in [-0.15, -0.1) is 0 Å². The lowest BCUT2D eigenvalue weighted by Gasteiger charge is -2.33. The van der Waals surface area contributed by atoms with E-state index in [0.29, 0.717) is 11.5 Å². The van der Waals surface area contributed by atoms with E-state index in [4.69, 9.17) is 0 Å². The number of sulfone groups is 1. The molecule has 2 saturated heterocycles. The lowest BCUT2D eigenvalue weighted by molar-refractivity contribution is 0.129. The summed E-state index contributed by atoms with van der Waals surface area (Å²) < 4.78 is 22.9. The summed E-state index contributed by atoms with van der Waals surface area (Å²) in [6.07, 6.45) is 5.57. The van der Waals surface area contributed by atoms with Gasteiger partial charge in [0, 0.05) is 19.1 Å². The zero-order chi connectivity index (χ0) is 10.7. The first kappa shape index (κ1) is 11.4. The fraction of sp³-hybridized carbons (Fsp3) is 1.00. The third-order valence-electron chi connectivity index (χ3n) is 3.18. The van der Waals surface area contributed by atoms with Crippen molar-refractivity contribution in [2.45, 2.75) is 38.1 Å². The Morgan fingerprint density at radius 2 is 1.80 bits per heavy atom. The lowest BCUT2D eigenvalue weighted by atomic mass is 10.1. The Balaban J connectivity index is 1.83. The van der Waals surface area contributed by atoms with Gasteiger partial charge in [-0.2, -0.15) is 0 Å². The number of nitrogens with one attached hydrogen (secondary N) is 1. The minimum atomic E-state index is -2.77. The summed E-state index contributed by atoms with van der Waals surface area (Å²) in [6, 6.07) is 0.154. The van der Waals surface area contributed by atoms with Crippen LogP contribution >= 0.6 is 0 Å². The highest BCUT2D eigenvalue weighted by molar-refractivity contribution is 7.91. The number of hydrazine groups is 1. The summed E-state index contributed by atoms with van der Waals surface area (Å²) in [6.45, 7) is 2.13. The van der Waals surface area contributed by atoms with Crippen molar-refractivity contribution in [1.82, 2.24) is 10.4 Å². The molecule has 2 rings (SSSR count). The van der Waals surface area contributed by atoms with Gasteiger partial charge in [0.15, 0.2) is 9.84 Å². The number of nitrogens with zero attached hydrogens (tertiary/aromatic N) is 1. The summed E-state index contributed by atoms with van der Waals surface area (Å²) in [5.74, 6) is 0.703. The van der Waals surface area contributed by atoms with Crippen LogP contribution in [0.4, 0.5) is 0 Å². The molecule has 4 nitrogen and oxygen atoms in total. The van der Waals surface area contributed by atoms with Crippen LogP contribution in [0, 0.1) is 0 Å². The maximum absolute atomic E-state index is 11.4. The number of piperidine rings is 1. The van der Waals surface area contributed by atoms with Gasteiger partial charge in [-0.1, -0.05) is 6.42 Å². The zero-order valence-corrected chi connectivity index (χ0v) is 9.93. The van der Waals surface area contributed by atoms with Crippen LogP contribution in [0.3, 0.4) is 0 Å². The number of hydrogen-bond donors (Lipinski definition) is 1. The number of rotatable bonds is 2. The first-order valence-electron chi connectivity index (χ1n) is 5.87. The van der Waals surface area contributed by atoms with Gasteiger partial charge in [-0.25, -0.2) is 13.4 Å². The van der Waals surface area contributed by atoms with Crippen molar-refractivity contribution >= 4 is 9.84 Å². The van der Waals surface area contributed by atoms with Crippen molar-refractivity contribution in [3.63, 3.8) is 0 Å². The molecule has 0 aromatic rings. The fourth-order valence-electron chi connectivity index (χ4n) is 2.41. The Morgan fingerprint density at radius 3 is 2.47 bits per heavy atom. The maximum Gasteiger partial charge on any atom is 0.151 e. The van der Waals surface area contributed by atoms with Gasteiger partial charge in [-0.3, -0.25) is 5.43 Å². The summed E-state index contributed by atoms with van der Waals surface area (Å²) in [4.78, 5) is 0. The quantitative estimate of drug-likeness (QED) is 0.755. The molecule has 0 bridgehead atoms. The molecule has 88 valence electrons. The highest BCUT2D eigenvalue weighted by atomic mass is 32.2. The topological polar surface area (TPSA) is 49.4 Å². The van der Waals surface area contributed by atoms with Crippen molar-refractivity contribution < 1.29 is 8.42 Å². The van der Waals surface area contributed by atoms with E-state index >= 15 is 0 Å². The van der Waals surface area contributed by atoms with Crippen LogP contribution < -0.4 is 5.43 Å². The molecule has 0 radical (unpaired) electrons. The molecule has 0 aliphatic carbocycles. The monoisotopic (exact) mass is 232 g/mol. The van der Waals surface area contributed by atoms with Gasteiger partial charge in [-0.05, 0) is 25.7 Å². The average Bonchev–Trinajstić information content (AvgIpc) is 2.17. The normalized spacial score (nSPS) is 32.7. The van der Waals surface area contributed by atoms with E-state index < -0.39 is 9.84 Å². The Labute approximate surface area is 91.9 Å². The van der Waals surface area contributed by atoms with Crippen LogP contribution in [0.1, 0.15) is 32.1 Å². The second-order valence-corrected chi connectivity index (χ2v) is 6.86. The largest absolute Gasteiger partial charge is 0.251 e. The predicted octanol–water partition coefficient (Wildman–Crippen LogP) is 0.554. The van der Waals surface area contributed by atoms with E-state index in [1.165, 1.54) is 19.3 Å². The fourth-order valence-corrected chi connectivity index (χ4v) is 4.03. The molecule has 2 heterocycles. The Bertz CT molecular complexity index is 297. The van der Waals surface area contributed by atoms with Crippen LogP contribution in [0.15, 0.2) is 0 Å². The molecule has 0 amide bonds. The predicted molar refractivity (Wildman–Crippen MR) is 60.2 cm³/mol. The van der Waals surface area contributed by atoms with E-state index in [2.05, 4.69) is 10.4 Å². The molecule has 0 aromatic heterocycles. The highest BCUT2D eigenvalue weighted by Gasteiger charge is 2.26. The molecule has 1 atom stereocenters. The molecule has 1 N–H and O–H groups in total. The summed E-state index contributed by atoms with van der Waals surface area (Å²) in [5, 5.41) is 2.20. The van der Waals surface area contributed by atoms with E-state index in [1.54, 1.807) is 0 Å². The van der Waals surface area contributed by atoms with Gasteiger partial charge in [0.1, 0.15) is 0 Å². The van der Waals surface area contributed by atoms with E-state index in [9.17, 15) is 8.42 Å². The lowest BCUT2D eigenvalue weighted by Crippen LogP contribution is -2.51. The van der Waals surface area contributed by atoms with E-state index in [-0.39, 0.29) is 6.04 Å². The molecule has 0 spiro atoms. The Hall–Kier alpha value is -0.130. The smallest absolute Gasteiger partial charge is 0.151 e. The summed E-state index contributed by atoms with van der Waals surface area (Å²) in [5.41, 5.74) is 3.37. The SMILES string of the molecule is O=S1(=O)CCCC(NN2CCCCC2)C1. The zero-order valence-electron chi connectivity index (χ0n) is 9.11. The molecule has 5 heteroatoms. The first-order valence-corrected chi connectivity index (χ1v) is 7.69. The molecule has 2 aliphatic rings. The van der Waals surface area contributed by atoms with Crippen LogP contribution in [-0.2, 0) is 9.84 Å². The standard InChI is InChI=1S/C10H20N2O2S/c13-15(14)8-4-5-10(9-15)11-12-6-2-1-3-7-12/h10-11H,1-9H2. The minimum absolute atomic E-state index is 0.154. The highest BCUT2D eigenvalue weighted by Crippen LogP contribution is 2.14. The van der Waals surface area contributed by atoms with E-state index in [1.807, 2.05) is 0 Å². The van der Waals surface area contributed by atoms with Crippen molar-refractivity contribution in [2.75, 3.05) is 24.6 Å². The van der Waals surface area contributed by atoms with Gasteiger partial charge >= 0.3 is 0 Å². The van der Waals surface area contributed by atoms with Crippen molar-refractivity contribution in [2.24, 2.45) is 0 Å². The summed E-state index contributed by atoms with van der Waals surface area (Å²) in [7, 11) is -2.77. The van der Waals surface area contributed by atoms with Gasteiger partial charge < -0.3 is 0 Å². The van der Waals surface area contributed by atoms with Crippen LogP contribution in [0.25, 0.3) is 0 Å². The molecule has 2 fully saturated rings. The van der Waals surface area contributed by atoms with Gasteiger partial charge in [0.2, 0.25) is 0 Å². The van der Waals surface area contributed by atoms with E-state index in [0.717, 1.165) is 25.9 Å². The molecule has 1 unspecified atom stereocenters. The van der Waals surface area contributed by atoms with Crippen molar-refractivity contribution in [3.8, 4) is 0 Å². The molecular formula is C10H20N2O2S. The van der Waals surface area contributed by atoms with Crippen LogP contribution in [-0.4, -0.2) is 44.1 Å². The van der Waals surface area contributed by atoms with Crippen LogP contribution in [0.2, 0.25) is 0 Å². The molecule has 15 heavy (non-hydrogen) atoms. The Kier molecular flexibility index (Phi) is 3.64. The van der Waals surface area contributed by atoms with Crippen LogP contribution in [0.5, 0.6) is 0 Å². The molecule has 2 aliphatic heterocycles. The maximum atomic E-state index is 11.4. The third-order valence-corrected chi connectivity index (χ3v) is 5.01. The third kappa shape index (κ3) is 3.43. The van der Waals surface area contributed by atoms with Gasteiger partial charge in [0.05, 0.1) is 11.5 Å². The van der Waals surface area contributed by atoms with Crippen molar-refractivity contribution in [1.29, 1.82) is 0 Å².